The number of para-hydroxylation sites is 1. The first kappa shape index (κ1) is 11.6. The number of aromatic nitrogens is 3. The van der Waals surface area contributed by atoms with E-state index in [-0.39, 0.29) is 11.8 Å². The average molecular weight is 268 g/mol. The van der Waals surface area contributed by atoms with E-state index in [0.29, 0.717) is 11.9 Å². The van der Waals surface area contributed by atoms with Gasteiger partial charge in [-0.1, -0.05) is 18.2 Å². The fraction of sp³-hybridized carbons (Fsp3) is 0.400. The van der Waals surface area contributed by atoms with Gasteiger partial charge < -0.3 is 0 Å². The quantitative estimate of drug-likeness (QED) is 0.925. The molecule has 2 aromatic rings. The minimum absolute atomic E-state index is 0.0899. The van der Waals surface area contributed by atoms with Crippen molar-refractivity contribution in [3.05, 3.63) is 36.7 Å². The molecule has 1 aromatic carbocycles. The van der Waals surface area contributed by atoms with Crippen LogP contribution in [0.2, 0.25) is 0 Å². The Morgan fingerprint density at radius 3 is 2.80 bits per heavy atom. The number of anilines is 1. The van der Waals surface area contributed by atoms with Crippen molar-refractivity contribution in [3.63, 3.8) is 0 Å². The first-order chi connectivity index (χ1) is 9.83. The summed E-state index contributed by atoms with van der Waals surface area (Å²) < 4.78 is 1.80. The van der Waals surface area contributed by atoms with Crippen molar-refractivity contribution in [2.24, 2.45) is 17.8 Å². The van der Waals surface area contributed by atoms with Gasteiger partial charge in [-0.2, -0.15) is 0 Å². The Balaban J connectivity index is 1.49. The Hall–Kier alpha value is -2.17. The Labute approximate surface area is 117 Å². The Morgan fingerprint density at radius 1 is 1.25 bits per heavy atom. The van der Waals surface area contributed by atoms with Crippen LogP contribution in [-0.2, 0) is 4.79 Å². The van der Waals surface area contributed by atoms with Crippen molar-refractivity contribution in [1.29, 1.82) is 0 Å². The van der Waals surface area contributed by atoms with Crippen molar-refractivity contribution in [3.8, 4) is 5.69 Å². The molecule has 2 aliphatic carbocycles. The van der Waals surface area contributed by atoms with Gasteiger partial charge in [0.25, 0.3) is 0 Å². The standard InChI is InChI=1S/C15H16N4O/c20-14(13-8-12(13)10-6-7-10)17-15-18-16-9-19(15)11-4-2-1-3-5-11/h1-5,9-10,12-13H,6-8H2,(H,17,18,20)/t12-,13+/m0/s1. The molecule has 1 N–H and O–H groups in total. The fourth-order valence-corrected chi connectivity index (χ4v) is 2.86. The van der Waals surface area contributed by atoms with Crippen LogP contribution in [0.4, 0.5) is 5.95 Å². The molecule has 1 aromatic heterocycles. The summed E-state index contributed by atoms with van der Waals surface area (Å²) in [5.74, 6) is 2.19. The van der Waals surface area contributed by atoms with Gasteiger partial charge in [-0.15, -0.1) is 10.2 Å². The van der Waals surface area contributed by atoms with Crippen LogP contribution < -0.4 is 5.32 Å². The number of carbonyl (C=O) groups excluding carboxylic acids is 1. The fourth-order valence-electron chi connectivity index (χ4n) is 2.86. The topological polar surface area (TPSA) is 59.8 Å². The molecule has 1 amide bonds. The third-order valence-corrected chi connectivity index (χ3v) is 4.22. The second kappa shape index (κ2) is 4.44. The minimum atomic E-state index is 0.0899. The summed E-state index contributed by atoms with van der Waals surface area (Å²) in [6, 6.07) is 9.78. The Kier molecular flexibility index (Phi) is 2.58. The molecule has 102 valence electrons. The molecular weight excluding hydrogens is 252 g/mol. The summed E-state index contributed by atoms with van der Waals surface area (Å²) in [7, 11) is 0. The Bertz CT molecular complexity index is 632. The van der Waals surface area contributed by atoms with Crippen LogP contribution >= 0.6 is 0 Å². The normalized spacial score (nSPS) is 24.4. The average Bonchev–Trinajstić information content (AvgIpc) is 3.36. The smallest absolute Gasteiger partial charge is 0.235 e. The van der Waals surface area contributed by atoms with Crippen LogP contribution in [0.15, 0.2) is 36.7 Å². The van der Waals surface area contributed by atoms with Crippen LogP contribution in [0, 0.1) is 17.8 Å². The van der Waals surface area contributed by atoms with E-state index in [9.17, 15) is 4.79 Å². The zero-order chi connectivity index (χ0) is 13.5. The largest absolute Gasteiger partial charge is 0.294 e. The zero-order valence-corrected chi connectivity index (χ0v) is 11.1. The van der Waals surface area contributed by atoms with Gasteiger partial charge in [0.05, 0.1) is 5.69 Å². The SMILES string of the molecule is O=C(Nc1nncn1-c1ccccc1)[C@@H]1C[C@H]1C1CC1. The van der Waals surface area contributed by atoms with E-state index >= 15 is 0 Å². The van der Waals surface area contributed by atoms with E-state index in [1.807, 2.05) is 30.3 Å². The molecule has 5 heteroatoms. The van der Waals surface area contributed by atoms with Crippen LogP contribution in [0.1, 0.15) is 19.3 Å². The van der Waals surface area contributed by atoms with E-state index in [1.54, 1.807) is 10.9 Å². The van der Waals surface area contributed by atoms with Crippen molar-refractivity contribution in [2.75, 3.05) is 5.32 Å². The molecule has 20 heavy (non-hydrogen) atoms. The Morgan fingerprint density at radius 2 is 2.05 bits per heavy atom. The second-order valence-corrected chi connectivity index (χ2v) is 5.69. The number of hydrogen-bond donors (Lipinski definition) is 1. The van der Waals surface area contributed by atoms with Gasteiger partial charge in [-0.25, -0.2) is 0 Å². The van der Waals surface area contributed by atoms with E-state index in [1.165, 1.54) is 12.8 Å². The van der Waals surface area contributed by atoms with E-state index in [2.05, 4.69) is 15.5 Å². The lowest BCUT2D eigenvalue weighted by Crippen LogP contribution is -2.18. The van der Waals surface area contributed by atoms with E-state index < -0.39 is 0 Å². The maximum atomic E-state index is 12.2. The molecular formula is C15H16N4O. The van der Waals surface area contributed by atoms with Crippen molar-refractivity contribution in [1.82, 2.24) is 14.8 Å². The van der Waals surface area contributed by atoms with Crippen LogP contribution in [0.25, 0.3) is 5.69 Å². The number of amides is 1. The van der Waals surface area contributed by atoms with Gasteiger partial charge in [0.1, 0.15) is 6.33 Å². The molecule has 0 bridgehead atoms. The predicted molar refractivity (Wildman–Crippen MR) is 74.3 cm³/mol. The van der Waals surface area contributed by atoms with Gasteiger partial charge >= 0.3 is 0 Å². The lowest BCUT2D eigenvalue weighted by molar-refractivity contribution is -0.117. The van der Waals surface area contributed by atoms with Crippen LogP contribution in [-0.4, -0.2) is 20.7 Å². The lowest BCUT2D eigenvalue weighted by Gasteiger charge is -2.07. The number of rotatable bonds is 4. The highest BCUT2D eigenvalue weighted by Crippen LogP contribution is 2.54. The third kappa shape index (κ3) is 2.09. The number of nitrogens with one attached hydrogen (secondary N) is 1. The third-order valence-electron chi connectivity index (χ3n) is 4.22. The van der Waals surface area contributed by atoms with E-state index in [4.69, 9.17) is 0 Å². The molecule has 0 radical (unpaired) electrons. The molecule has 2 fully saturated rings. The summed E-state index contributed by atoms with van der Waals surface area (Å²) in [6.45, 7) is 0. The molecule has 0 spiro atoms. The van der Waals surface area contributed by atoms with Gasteiger partial charge in [0.2, 0.25) is 11.9 Å². The van der Waals surface area contributed by atoms with Crippen LogP contribution in [0.5, 0.6) is 0 Å². The summed E-state index contributed by atoms with van der Waals surface area (Å²) in [6.07, 6.45) is 5.26. The molecule has 0 unspecified atom stereocenters. The summed E-state index contributed by atoms with van der Waals surface area (Å²) in [5, 5.41) is 10.8. The first-order valence-electron chi connectivity index (χ1n) is 7.09. The molecule has 2 aliphatic rings. The summed E-state index contributed by atoms with van der Waals surface area (Å²) in [5.41, 5.74) is 0.947. The van der Waals surface area contributed by atoms with Gasteiger partial charge in [0.15, 0.2) is 0 Å². The molecule has 5 nitrogen and oxygen atoms in total. The zero-order valence-electron chi connectivity index (χ0n) is 11.1. The summed E-state index contributed by atoms with van der Waals surface area (Å²) in [4.78, 5) is 12.2. The number of benzene rings is 1. The number of nitrogens with zero attached hydrogens (tertiary/aromatic N) is 3. The molecule has 0 aliphatic heterocycles. The second-order valence-electron chi connectivity index (χ2n) is 5.69. The molecule has 4 rings (SSSR count). The highest BCUT2D eigenvalue weighted by atomic mass is 16.2. The van der Waals surface area contributed by atoms with Crippen molar-refractivity contribution < 1.29 is 4.79 Å². The maximum Gasteiger partial charge on any atom is 0.235 e. The predicted octanol–water partition coefficient (Wildman–Crippen LogP) is 2.25. The van der Waals surface area contributed by atoms with Crippen molar-refractivity contribution >= 4 is 11.9 Å². The van der Waals surface area contributed by atoms with Crippen molar-refractivity contribution in [2.45, 2.75) is 19.3 Å². The highest BCUT2D eigenvalue weighted by molar-refractivity contribution is 5.93. The van der Waals surface area contributed by atoms with Gasteiger partial charge in [0, 0.05) is 5.92 Å². The first-order valence-corrected chi connectivity index (χ1v) is 7.09. The van der Waals surface area contributed by atoms with Gasteiger partial charge in [-0.3, -0.25) is 14.7 Å². The number of hydrogen-bond acceptors (Lipinski definition) is 3. The summed E-state index contributed by atoms with van der Waals surface area (Å²) >= 11 is 0. The molecule has 0 saturated heterocycles. The minimum Gasteiger partial charge on any atom is -0.294 e. The van der Waals surface area contributed by atoms with Crippen LogP contribution in [0.3, 0.4) is 0 Å². The molecule has 1 heterocycles. The highest BCUT2D eigenvalue weighted by Gasteiger charge is 2.51. The maximum absolute atomic E-state index is 12.2. The number of carbonyl (C=O) groups is 1. The molecule has 2 saturated carbocycles. The molecule has 2 atom stereocenters. The monoisotopic (exact) mass is 268 g/mol. The lowest BCUT2D eigenvalue weighted by atomic mass is 10.2. The van der Waals surface area contributed by atoms with Gasteiger partial charge in [-0.05, 0) is 43.2 Å². The van der Waals surface area contributed by atoms with E-state index in [0.717, 1.165) is 18.0 Å².